The van der Waals surface area contributed by atoms with Crippen LogP contribution in [0.5, 0.6) is 0 Å². The number of benzene rings is 2. The van der Waals surface area contributed by atoms with E-state index in [2.05, 4.69) is 42.7 Å². The van der Waals surface area contributed by atoms with Gasteiger partial charge in [-0.05, 0) is 48.2 Å². The molecule has 2 N–H and O–H groups in total. The zero-order chi connectivity index (χ0) is 15.0. The maximum atomic E-state index is 11.4. The summed E-state index contributed by atoms with van der Waals surface area (Å²) in [5.74, 6) is 0.0207. The average molecular weight is 301 g/mol. The van der Waals surface area contributed by atoms with Crippen LogP contribution in [0.3, 0.4) is 0 Å². The second kappa shape index (κ2) is 5.41. The number of halogens is 1. The Balaban J connectivity index is 1.78. The van der Waals surface area contributed by atoms with E-state index in [-0.39, 0.29) is 5.91 Å². The predicted molar refractivity (Wildman–Crippen MR) is 87.0 cm³/mol. The normalized spacial score (nSPS) is 13.0. The van der Waals surface area contributed by atoms with Crippen LogP contribution >= 0.6 is 11.6 Å². The second-order valence-corrected chi connectivity index (χ2v) is 5.89. The van der Waals surface area contributed by atoms with Crippen molar-refractivity contribution in [3.8, 4) is 0 Å². The minimum atomic E-state index is 0.0207. The van der Waals surface area contributed by atoms with Crippen molar-refractivity contribution in [2.45, 2.75) is 26.8 Å². The first-order valence-electron chi connectivity index (χ1n) is 6.95. The third-order valence-electron chi connectivity index (χ3n) is 3.87. The van der Waals surface area contributed by atoms with Crippen LogP contribution in [0.2, 0.25) is 5.02 Å². The lowest BCUT2D eigenvalue weighted by Crippen LogP contribution is -2.03. The minimum Gasteiger partial charge on any atom is -0.380 e. The van der Waals surface area contributed by atoms with Crippen LogP contribution in [-0.2, 0) is 17.8 Å². The molecule has 1 aliphatic heterocycles. The van der Waals surface area contributed by atoms with Crippen LogP contribution in [0.1, 0.15) is 22.3 Å². The van der Waals surface area contributed by atoms with Crippen LogP contribution in [0.25, 0.3) is 0 Å². The van der Waals surface area contributed by atoms with E-state index in [1.807, 2.05) is 12.1 Å². The fourth-order valence-electron chi connectivity index (χ4n) is 2.49. The molecular weight excluding hydrogens is 284 g/mol. The summed E-state index contributed by atoms with van der Waals surface area (Å²) in [6, 6.07) is 10.2. The molecule has 0 aromatic heterocycles. The highest BCUT2D eigenvalue weighted by molar-refractivity contribution is 6.33. The number of rotatable bonds is 3. The Morgan fingerprint density at radius 1 is 1.19 bits per heavy atom. The summed E-state index contributed by atoms with van der Waals surface area (Å²) in [6.45, 7) is 4.92. The molecule has 1 heterocycles. The number of carbonyl (C=O) groups is 1. The number of aryl methyl sites for hydroxylation is 2. The Kier molecular flexibility index (Phi) is 3.60. The van der Waals surface area contributed by atoms with Gasteiger partial charge >= 0.3 is 0 Å². The molecule has 1 aliphatic rings. The van der Waals surface area contributed by atoms with Crippen molar-refractivity contribution >= 4 is 28.9 Å². The quantitative estimate of drug-likeness (QED) is 0.897. The fraction of sp³-hybridized carbons (Fsp3) is 0.235. The van der Waals surface area contributed by atoms with Gasteiger partial charge in [0.05, 0.1) is 17.1 Å². The first-order valence-corrected chi connectivity index (χ1v) is 7.33. The number of amides is 1. The predicted octanol–water partition coefficient (Wildman–Crippen LogP) is 4.06. The summed E-state index contributed by atoms with van der Waals surface area (Å²) in [5.41, 5.74) is 6.46. The lowest BCUT2D eigenvalue weighted by atomic mass is 10.1. The summed E-state index contributed by atoms with van der Waals surface area (Å²) in [6.07, 6.45) is 0.421. The molecule has 1 amide bonds. The minimum absolute atomic E-state index is 0.0207. The Labute approximate surface area is 129 Å². The summed E-state index contributed by atoms with van der Waals surface area (Å²) in [7, 11) is 0. The third kappa shape index (κ3) is 2.88. The van der Waals surface area contributed by atoms with E-state index < -0.39 is 0 Å². The molecule has 0 spiro atoms. The maximum absolute atomic E-state index is 11.4. The maximum Gasteiger partial charge on any atom is 0.228 e. The van der Waals surface area contributed by atoms with E-state index >= 15 is 0 Å². The molecule has 21 heavy (non-hydrogen) atoms. The molecule has 4 heteroatoms. The van der Waals surface area contributed by atoms with E-state index in [4.69, 9.17) is 11.6 Å². The molecule has 0 radical (unpaired) electrons. The summed E-state index contributed by atoms with van der Waals surface area (Å²) >= 11 is 6.26. The highest BCUT2D eigenvalue weighted by Gasteiger charge is 2.19. The Morgan fingerprint density at radius 3 is 2.76 bits per heavy atom. The zero-order valence-electron chi connectivity index (χ0n) is 12.1. The van der Waals surface area contributed by atoms with Crippen molar-refractivity contribution in [3.63, 3.8) is 0 Å². The largest absolute Gasteiger partial charge is 0.380 e. The summed E-state index contributed by atoms with van der Waals surface area (Å²) < 4.78 is 0. The van der Waals surface area contributed by atoms with Crippen molar-refractivity contribution in [1.29, 1.82) is 0 Å². The molecule has 0 saturated carbocycles. The van der Waals surface area contributed by atoms with Crippen LogP contribution in [0, 0.1) is 13.8 Å². The van der Waals surface area contributed by atoms with Crippen molar-refractivity contribution in [2.75, 3.05) is 10.6 Å². The summed E-state index contributed by atoms with van der Waals surface area (Å²) in [4.78, 5) is 11.4. The number of hydrogen-bond donors (Lipinski definition) is 2. The van der Waals surface area contributed by atoms with E-state index in [1.54, 1.807) is 0 Å². The zero-order valence-corrected chi connectivity index (χ0v) is 12.8. The van der Waals surface area contributed by atoms with Crippen LogP contribution < -0.4 is 10.6 Å². The molecule has 2 aromatic rings. The molecule has 0 aliphatic carbocycles. The first-order chi connectivity index (χ1) is 10.0. The van der Waals surface area contributed by atoms with Gasteiger partial charge in [0, 0.05) is 12.2 Å². The SMILES string of the molecule is Cc1ccc(CNc2cc3c(cc2Cl)NC(=O)C3)cc1C. The van der Waals surface area contributed by atoms with Crippen molar-refractivity contribution < 1.29 is 4.79 Å². The molecule has 108 valence electrons. The fourth-order valence-corrected chi connectivity index (χ4v) is 2.72. The Morgan fingerprint density at radius 2 is 2.00 bits per heavy atom. The molecule has 0 atom stereocenters. The lowest BCUT2D eigenvalue weighted by Gasteiger charge is -2.11. The number of fused-ring (bicyclic) bond motifs is 1. The third-order valence-corrected chi connectivity index (χ3v) is 4.18. The standard InChI is InChI=1S/C17H17ClN2O/c1-10-3-4-12(5-11(10)2)9-19-16-6-13-7-17(21)20-15(13)8-14(16)18/h3-6,8,19H,7,9H2,1-2H3,(H,20,21). The Bertz CT molecular complexity index is 725. The number of anilines is 2. The van der Waals surface area contributed by atoms with Gasteiger partial charge in [-0.15, -0.1) is 0 Å². The van der Waals surface area contributed by atoms with E-state index in [0.29, 0.717) is 18.0 Å². The van der Waals surface area contributed by atoms with Crippen molar-refractivity contribution in [3.05, 3.63) is 57.6 Å². The molecular formula is C17H17ClN2O. The summed E-state index contributed by atoms with van der Waals surface area (Å²) in [5, 5.41) is 6.78. The molecule has 0 saturated heterocycles. The molecule has 3 rings (SSSR count). The first kappa shape index (κ1) is 14.0. The van der Waals surface area contributed by atoms with Gasteiger partial charge in [0.25, 0.3) is 0 Å². The van der Waals surface area contributed by atoms with Crippen molar-refractivity contribution in [1.82, 2.24) is 0 Å². The highest BCUT2D eigenvalue weighted by Crippen LogP contribution is 2.33. The number of carbonyl (C=O) groups excluding carboxylic acids is 1. The van der Waals surface area contributed by atoms with Crippen molar-refractivity contribution in [2.24, 2.45) is 0 Å². The van der Waals surface area contributed by atoms with E-state index in [9.17, 15) is 4.79 Å². The topological polar surface area (TPSA) is 41.1 Å². The highest BCUT2D eigenvalue weighted by atomic mass is 35.5. The monoisotopic (exact) mass is 300 g/mol. The molecule has 3 nitrogen and oxygen atoms in total. The van der Waals surface area contributed by atoms with Gasteiger partial charge in [0.1, 0.15) is 0 Å². The number of nitrogens with one attached hydrogen (secondary N) is 2. The van der Waals surface area contributed by atoms with Gasteiger partial charge in [-0.25, -0.2) is 0 Å². The van der Waals surface area contributed by atoms with E-state index in [0.717, 1.165) is 16.9 Å². The smallest absolute Gasteiger partial charge is 0.228 e. The molecule has 0 unspecified atom stereocenters. The van der Waals surface area contributed by atoms with Gasteiger partial charge in [0.2, 0.25) is 5.91 Å². The second-order valence-electron chi connectivity index (χ2n) is 5.49. The van der Waals surface area contributed by atoms with Gasteiger partial charge in [-0.2, -0.15) is 0 Å². The number of hydrogen-bond acceptors (Lipinski definition) is 2. The van der Waals surface area contributed by atoms with Gasteiger partial charge < -0.3 is 10.6 Å². The molecule has 0 fully saturated rings. The molecule has 0 bridgehead atoms. The molecule has 2 aromatic carbocycles. The average Bonchev–Trinajstić information content (AvgIpc) is 2.79. The van der Waals surface area contributed by atoms with E-state index in [1.165, 1.54) is 16.7 Å². The van der Waals surface area contributed by atoms with Crippen LogP contribution in [-0.4, -0.2) is 5.91 Å². The van der Waals surface area contributed by atoms with Gasteiger partial charge in [-0.3, -0.25) is 4.79 Å². The van der Waals surface area contributed by atoms with Gasteiger partial charge in [-0.1, -0.05) is 29.8 Å². The van der Waals surface area contributed by atoms with Crippen LogP contribution in [0.15, 0.2) is 30.3 Å². The van der Waals surface area contributed by atoms with Gasteiger partial charge in [0.15, 0.2) is 0 Å². The van der Waals surface area contributed by atoms with Crippen LogP contribution in [0.4, 0.5) is 11.4 Å². The lowest BCUT2D eigenvalue weighted by molar-refractivity contribution is -0.115. The Hall–Kier alpha value is -2.00.